The van der Waals surface area contributed by atoms with E-state index in [-0.39, 0.29) is 29.7 Å². The standard InChI is InChI=1S/C23H26N4O5/c1-14(2)21-24-19(25-32-21)8-9-26(4)22(28)20-15(3)7-10-27(23(20)29)12-16-5-6-17-18(11-16)31-13-30-17/h5-7,10-11,14H,8-9,12-13H2,1-4H3. The number of likely N-dealkylation sites (N-methyl/N-ethyl adjacent to an activating group) is 1. The van der Waals surface area contributed by atoms with Gasteiger partial charge in [0.1, 0.15) is 5.56 Å². The van der Waals surface area contributed by atoms with Gasteiger partial charge in [0.05, 0.1) is 6.54 Å². The lowest BCUT2D eigenvalue weighted by Gasteiger charge is -2.18. The molecule has 0 atom stereocenters. The Balaban J connectivity index is 1.49. The Kier molecular flexibility index (Phi) is 5.98. The number of nitrogens with zero attached hydrogens (tertiary/aromatic N) is 4. The van der Waals surface area contributed by atoms with Crippen molar-refractivity contribution < 1.29 is 18.8 Å². The van der Waals surface area contributed by atoms with Crippen LogP contribution < -0.4 is 15.0 Å². The Hall–Kier alpha value is -3.62. The van der Waals surface area contributed by atoms with Crippen molar-refractivity contribution in [2.24, 2.45) is 0 Å². The van der Waals surface area contributed by atoms with Crippen molar-refractivity contribution in [3.63, 3.8) is 0 Å². The summed E-state index contributed by atoms with van der Waals surface area (Å²) in [6.45, 7) is 6.59. The topological polar surface area (TPSA) is 99.7 Å². The number of fused-ring (bicyclic) bond motifs is 1. The highest BCUT2D eigenvalue weighted by atomic mass is 16.7. The summed E-state index contributed by atoms with van der Waals surface area (Å²) in [6, 6.07) is 7.32. The van der Waals surface area contributed by atoms with E-state index >= 15 is 0 Å². The first-order chi connectivity index (χ1) is 15.3. The van der Waals surface area contributed by atoms with Gasteiger partial charge in [0.15, 0.2) is 17.3 Å². The van der Waals surface area contributed by atoms with Gasteiger partial charge in [-0.15, -0.1) is 0 Å². The molecule has 0 fully saturated rings. The number of hydrogen-bond donors (Lipinski definition) is 0. The number of pyridine rings is 1. The molecule has 3 aromatic rings. The first-order valence-corrected chi connectivity index (χ1v) is 10.5. The third-order valence-electron chi connectivity index (χ3n) is 5.37. The molecule has 0 N–H and O–H groups in total. The van der Waals surface area contributed by atoms with E-state index in [9.17, 15) is 9.59 Å². The molecule has 1 aliphatic rings. The maximum atomic E-state index is 13.1. The third kappa shape index (κ3) is 4.37. The van der Waals surface area contributed by atoms with Crippen molar-refractivity contribution in [1.82, 2.24) is 19.6 Å². The van der Waals surface area contributed by atoms with E-state index in [2.05, 4.69) is 10.1 Å². The predicted octanol–water partition coefficient (Wildman–Crippen LogP) is 2.75. The van der Waals surface area contributed by atoms with Gasteiger partial charge in [-0.2, -0.15) is 4.98 Å². The molecule has 1 amide bonds. The Labute approximate surface area is 185 Å². The molecule has 1 aliphatic heterocycles. The Morgan fingerprint density at radius 3 is 2.75 bits per heavy atom. The van der Waals surface area contributed by atoms with Gasteiger partial charge in [-0.3, -0.25) is 9.59 Å². The number of amides is 1. The molecular weight excluding hydrogens is 412 g/mol. The van der Waals surface area contributed by atoms with Gasteiger partial charge < -0.3 is 23.5 Å². The van der Waals surface area contributed by atoms with Crippen LogP contribution in [0.25, 0.3) is 0 Å². The van der Waals surface area contributed by atoms with Crippen molar-refractivity contribution in [2.45, 2.75) is 39.7 Å². The van der Waals surface area contributed by atoms with Crippen LogP contribution in [0, 0.1) is 6.92 Å². The number of ether oxygens (including phenoxy) is 2. The van der Waals surface area contributed by atoms with E-state index in [1.807, 2.05) is 32.0 Å². The van der Waals surface area contributed by atoms with Crippen LogP contribution in [0.15, 0.2) is 39.8 Å². The number of carbonyl (C=O) groups is 1. The smallest absolute Gasteiger partial charge is 0.263 e. The molecule has 9 nitrogen and oxygen atoms in total. The van der Waals surface area contributed by atoms with Crippen molar-refractivity contribution in [2.75, 3.05) is 20.4 Å². The van der Waals surface area contributed by atoms with Crippen LogP contribution in [0.4, 0.5) is 0 Å². The Morgan fingerprint density at radius 2 is 2.00 bits per heavy atom. The zero-order valence-corrected chi connectivity index (χ0v) is 18.6. The monoisotopic (exact) mass is 438 g/mol. The summed E-state index contributed by atoms with van der Waals surface area (Å²) in [7, 11) is 1.67. The molecule has 0 radical (unpaired) electrons. The number of aromatic nitrogens is 3. The molecule has 168 valence electrons. The summed E-state index contributed by atoms with van der Waals surface area (Å²) >= 11 is 0. The minimum absolute atomic E-state index is 0.144. The van der Waals surface area contributed by atoms with Crippen LogP contribution in [0.2, 0.25) is 0 Å². The first kappa shape index (κ1) is 21.6. The molecule has 2 aromatic heterocycles. The highest BCUT2D eigenvalue weighted by molar-refractivity contribution is 5.95. The van der Waals surface area contributed by atoms with Crippen molar-refractivity contribution in [3.8, 4) is 11.5 Å². The zero-order chi connectivity index (χ0) is 22.8. The molecule has 0 spiro atoms. The van der Waals surface area contributed by atoms with Crippen LogP contribution in [0.3, 0.4) is 0 Å². The fourth-order valence-electron chi connectivity index (χ4n) is 3.45. The summed E-state index contributed by atoms with van der Waals surface area (Å²) in [6.07, 6.45) is 2.14. The van der Waals surface area contributed by atoms with Crippen LogP contribution in [-0.2, 0) is 13.0 Å². The summed E-state index contributed by atoms with van der Waals surface area (Å²) in [5, 5.41) is 3.95. The Morgan fingerprint density at radius 1 is 1.22 bits per heavy atom. The minimum Gasteiger partial charge on any atom is -0.454 e. The zero-order valence-electron chi connectivity index (χ0n) is 18.6. The second-order valence-electron chi connectivity index (χ2n) is 8.17. The number of aryl methyl sites for hydroxylation is 1. The van der Waals surface area contributed by atoms with Crippen LogP contribution in [0.1, 0.15) is 53.0 Å². The summed E-state index contributed by atoms with van der Waals surface area (Å²) in [5.41, 5.74) is 1.34. The maximum Gasteiger partial charge on any atom is 0.263 e. The van der Waals surface area contributed by atoms with Gasteiger partial charge in [0.25, 0.3) is 11.5 Å². The lowest BCUT2D eigenvalue weighted by Crippen LogP contribution is -2.36. The normalized spacial score (nSPS) is 12.4. The van der Waals surface area contributed by atoms with Gasteiger partial charge in [-0.25, -0.2) is 0 Å². The molecular formula is C23H26N4O5. The van der Waals surface area contributed by atoms with Gasteiger partial charge in [0, 0.05) is 32.1 Å². The lowest BCUT2D eigenvalue weighted by molar-refractivity contribution is 0.0792. The molecule has 32 heavy (non-hydrogen) atoms. The first-order valence-electron chi connectivity index (χ1n) is 10.5. The molecule has 0 saturated heterocycles. The van der Waals surface area contributed by atoms with Crippen LogP contribution in [-0.4, -0.2) is 45.9 Å². The highest BCUT2D eigenvalue weighted by Crippen LogP contribution is 2.32. The van der Waals surface area contributed by atoms with E-state index in [1.54, 1.807) is 26.2 Å². The molecule has 3 heterocycles. The van der Waals surface area contributed by atoms with E-state index in [1.165, 1.54) is 9.47 Å². The average molecular weight is 438 g/mol. The average Bonchev–Trinajstić information content (AvgIpc) is 3.43. The predicted molar refractivity (Wildman–Crippen MR) is 116 cm³/mol. The molecule has 4 rings (SSSR count). The van der Waals surface area contributed by atoms with E-state index in [0.717, 1.165) is 5.56 Å². The molecule has 0 bridgehead atoms. The van der Waals surface area contributed by atoms with E-state index < -0.39 is 0 Å². The van der Waals surface area contributed by atoms with Gasteiger partial charge in [0.2, 0.25) is 12.7 Å². The fourth-order valence-corrected chi connectivity index (χ4v) is 3.45. The second kappa shape index (κ2) is 8.86. The second-order valence-corrected chi connectivity index (χ2v) is 8.17. The number of benzene rings is 1. The number of rotatable bonds is 7. The van der Waals surface area contributed by atoms with Crippen LogP contribution >= 0.6 is 0 Å². The lowest BCUT2D eigenvalue weighted by atomic mass is 10.1. The van der Waals surface area contributed by atoms with Gasteiger partial charge in [-0.05, 0) is 36.2 Å². The molecule has 9 heteroatoms. The van der Waals surface area contributed by atoms with Gasteiger partial charge in [-0.1, -0.05) is 25.1 Å². The summed E-state index contributed by atoms with van der Waals surface area (Å²) in [5.74, 6) is 2.26. The number of carbonyl (C=O) groups excluding carboxylic acids is 1. The van der Waals surface area contributed by atoms with Crippen molar-refractivity contribution in [3.05, 3.63) is 69.2 Å². The van der Waals surface area contributed by atoms with Gasteiger partial charge >= 0.3 is 0 Å². The fraction of sp³-hybridized carbons (Fsp3) is 0.391. The van der Waals surface area contributed by atoms with Crippen LogP contribution in [0.5, 0.6) is 11.5 Å². The Bertz CT molecular complexity index is 1200. The maximum absolute atomic E-state index is 13.1. The van der Waals surface area contributed by atoms with Crippen molar-refractivity contribution in [1.29, 1.82) is 0 Å². The molecule has 0 saturated carbocycles. The largest absolute Gasteiger partial charge is 0.454 e. The summed E-state index contributed by atoms with van der Waals surface area (Å²) < 4.78 is 17.5. The number of hydrogen-bond acceptors (Lipinski definition) is 7. The molecule has 1 aromatic carbocycles. The molecule has 0 aliphatic carbocycles. The SMILES string of the molecule is Cc1ccn(Cc2ccc3c(c2)OCO3)c(=O)c1C(=O)N(C)CCc1noc(C(C)C)n1. The third-order valence-corrected chi connectivity index (χ3v) is 5.37. The van der Waals surface area contributed by atoms with E-state index in [4.69, 9.17) is 14.0 Å². The quantitative estimate of drug-likeness (QED) is 0.559. The van der Waals surface area contributed by atoms with E-state index in [0.29, 0.717) is 48.3 Å². The summed E-state index contributed by atoms with van der Waals surface area (Å²) in [4.78, 5) is 32.1. The molecule has 0 unspecified atom stereocenters. The minimum atomic E-state index is -0.333. The van der Waals surface area contributed by atoms with Crippen molar-refractivity contribution >= 4 is 5.91 Å². The highest BCUT2D eigenvalue weighted by Gasteiger charge is 2.21.